The van der Waals surface area contributed by atoms with Crippen LogP contribution in [0.2, 0.25) is 10.0 Å². The minimum atomic E-state index is -0.438. The van der Waals surface area contributed by atoms with E-state index in [1.165, 1.54) is 0 Å². The number of nitrogens with one attached hydrogen (secondary N) is 1. The second kappa shape index (κ2) is 7.36. The fourth-order valence-electron chi connectivity index (χ4n) is 2.71. The van der Waals surface area contributed by atoms with Crippen molar-refractivity contribution < 1.29 is 9.59 Å². The zero-order valence-electron chi connectivity index (χ0n) is 13.4. The van der Waals surface area contributed by atoms with E-state index in [9.17, 15) is 9.59 Å². The van der Waals surface area contributed by atoms with Gasteiger partial charge in [0.25, 0.3) is 0 Å². The van der Waals surface area contributed by atoms with Gasteiger partial charge in [-0.3, -0.25) is 9.59 Å². The Balaban J connectivity index is 1.73. The molecule has 0 unspecified atom stereocenters. The van der Waals surface area contributed by atoms with Gasteiger partial charge in [-0.05, 0) is 42.8 Å². The third-order valence-electron chi connectivity index (χ3n) is 4.15. The molecule has 0 bridgehead atoms. The number of rotatable bonds is 3. The van der Waals surface area contributed by atoms with Gasteiger partial charge in [0.2, 0.25) is 11.8 Å². The molecule has 0 aromatic heterocycles. The average molecular weight is 442 g/mol. The summed E-state index contributed by atoms with van der Waals surface area (Å²) in [4.78, 5) is 26.4. The maximum Gasteiger partial charge on any atom is 0.229 e. The van der Waals surface area contributed by atoms with Crippen LogP contribution in [0.3, 0.4) is 0 Å². The number of carbonyl (C=O) groups is 2. The van der Waals surface area contributed by atoms with Gasteiger partial charge in [-0.15, -0.1) is 0 Å². The topological polar surface area (TPSA) is 49.4 Å². The van der Waals surface area contributed by atoms with Crippen LogP contribution in [0.25, 0.3) is 0 Å². The monoisotopic (exact) mass is 440 g/mol. The van der Waals surface area contributed by atoms with E-state index < -0.39 is 5.92 Å². The molecule has 25 heavy (non-hydrogen) atoms. The molecule has 1 saturated heterocycles. The van der Waals surface area contributed by atoms with E-state index >= 15 is 0 Å². The summed E-state index contributed by atoms with van der Waals surface area (Å²) in [5.41, 5.74) is 2.17. The van der Waals surface area contributed by atoms with Crippen LogP contribution in [-0.4, -0.2) is 18.4 Å². The van der Waals surface area contributed by atoms with E-state index in [-0.39, 0.29) is 18.2 Å². The first-order valence-electron chi connectivity index (χ1n) is 7.67. The lowest BCUT2D eigenvalue weighted by atomic mass is 10.1. The number of nitrogens with zero attached hydrogens (tertiary/aromatic N) is 1. The molecule has 1 atom stereocenters. The summed E-state index contributed by atoms with van der Waals surface area (Å²) in [6.07, 6.45) is 0.158. The van der Waals surface area contributed by atoms with Crippen molar-refractivity contribution in [3.05, 3.63) is 56.5 Å². The molecular weight excluding hydrogens is 427 g/mol. The second-order valence-corrected chi connectivity index (χ2v) is 7.68. The lowest BCUT2D eigenvalue weighted by Crippen LogP contribution is -2.28. The third kappa shape index (κ3) is 4.00. The average Bonchev–Trinajstić information content (AvgIpc) is 2.95. The highest BCUT2D eigenvalue weighted by Crippen LogP contribution is 2.30. The van der Waals surface area contributed by atoms with E-state index in [1.807, 2.05) is 19.1 Å². The smallest absolute Gasteiger partial charge is 0.229 e. The first-order valence-corrected chi connectivity index (χ1v) is 9.22. The van der Waals surface area contributed by atoms with Crippen LogP contribution in [0.4, 0.5) is 11.4 Å². The molecular formula is C18H15BrCl2N2O2. The molecule has 7 heteroatoms. The highest BCUT2D eigenvalue weighted by molar-refractivity contribution is 9.10. The molecule has 0 saturated carbocycles. The zero-order chi connectivity index (χ0) is 18.1. The first kappa shape index (κ1) is 18.2. The Kier molecular flexibility index (Phi) is 5.37. The fraction of sp³-hybridized carbons (Fsp3) is 0.222. The second-order valence-electron chi connectivity index (χ2n) is 5.95. The van der Waals surface area contributed by atoms with Gasteiger partial charge in [-0.25, -0.2) is 0 Å². The molecule has 1 fully saturated rings. The van der Waals surface area contributed by atoms with E-state index in [1.54, 1.807) is 29.2 Å². The van der Waals surface area contributed by atoms with Gasteiger partial charge in [-0.1, -0.05) is 45.2 Å². The number of hydrogen-bond acceptors (Lipinski definition) is 2. The van der Waals surface area contributed by atoms with E-state index in [2.05, 4.69) is 21.2 Å². The minimum Gasteiger partial charge on any atom is -0.324 e. The molecule has 0 radical (unpaired) electrons. The summed E-state index contributed by atoms with van der Waals surface area (Å²) < 4.78 is 0.828. The van der Waals surface area contributed by atoms with Crippen LogP contribution >= 0.6 is 39.1 Å². The molecule has 1 aliphatic heterocycles. The highest BCUT2D eigenvalue weighted by Gasteiger charge is 2.35. The van der Waals surface area contributed by atoms with Gasteiger partial charge >= 0.3 is 0 Å². The van der Waals surface area contributed by atoms with Gasteiger partial charge in [0.15, 0.2) is 0 Å². The summed E-state index contributed by atoms with van der Waals surface area (Å²) >= 11 is 15.6. The van der Waals surface area contributed by atoms with Crippen LogP contribution in [-0.2, 0) is 9.59 Å². The molecule has 4 nitrogen and oxygen atoms in total. The number of aryl methyl sites for hydroxylation is 1. The predicted octanol–water partition coefficient (Wildman–Crippen LogP) is 5.06. The Morgan fingerprint density at radius 3 is 2.64 bits per heavy atom. The number of carbonyl (C=O) groups excluding carboxylic acids is 2. The van der Waals surface area contributed by atoms with Crippen molar-refractivity contribution in [3.63, 3.8) is 0 Å². The molecule has 2 amide bonds. The summed E-state index contributed by atoms with van der Waals surface area (Å²) in [5, 5.41) is 3.83. The number of anilines is 2. The number of hydrogen-bond donors (Lipinski definition) is 1. The molecule has 0 spiro atoms. The van der Waals surface area contributed by atoms with Crippen molar-refractivity contribution in [2.45, 2.75) is 13.3 Å². The number of halogens is 3. The predicted molar refractivity (Wildman–Crippen MR) is 104 cm³/mol. The molecule has 0 aliphatic carbocycles. The highest BCUT2D eigenvalue weighted by atomic mass is 79.9. The van der Waals surface area contributed by atoms with Crippen LogP contribution in [0.5, 0.6) is 0 Å². The summed E-state index contributed by atoms with van der Waals surface area (Å²) in [5.74, 6) is -0.757. The summed E-state index contributed by atoms with van der Waals surface area (Å²) in [6, 6.07) is 10.7. The SMILES string of the molecule is Cc1ccc(N2C[C@@H](C(=O)Nc3ccc(Br)cc3Cl)CC2=O)cc1Cl. The number of benzene rings is 2. The largest absolute Gasteiger partial charge is 0.324 e. The van der Waals surface area contributed by atoms with Gasteiger partial charge in [0.1, 0.15) is 0 Å². The van der Waals surface area contributed by atoms with Gasteiger partial charge in [0, 0.05) is 28.1 Å². The van der Waals surface area contributed by atoms with Crippen LogP contribution in [0.15, 0.2) is 40.9 Å². The molecule has 1 N–H and O–H groups in total. The first-order chi connectivity index (χ1) is 11.8. The minimum absolute atomic E-state index is 0.0954. The van der Waals surface area contributed by atoms with Crippen LogP contribution in [0.1, 0.15) is 12.0 Å². The van der Waals surface area contributed by atoms with Crippen LogP contribution < -0.4 is 10.2 Å². The Morgan fingerprint density at radius 2 is 1.96 bits per heavy atom. The Bertz CT molecular complexity index is 857. The molecule has 130 valence electrons. The summed E-state index contributed by atoms with van der Waals surface area (Å²) in [7, 11) is 0. The molecule has 2 aromatic rings. The van der Waals surface area contributed by atoms with E-state index in [4.69, 9.17) is 23.2 Å². The van der Waals surface area contributed by atoms with Gasteiger partial charge in [0.05, 0.1) is 16.6 Å². The van der Waals surface area contributed by atoms with Gasteiger partial charge < -0.3 is 10.2 Å². The van der Waals surface area contributed by atoms with Crippen molar-refractivity contribution in [2.75, 3.05) is 16.8 Å². The van der Waals surface area contributed by atoms with Gasteiger partial charge in [-0.2, -0.15) is 0 Å². The fourth-order valence-corrected chi connectivity index (χ4v) is 3.60. The Morgan fingerprint density at radius 1 is 1.20 bits per heavy atom. The maximum absolute atomic E-state index is 12.5. The van der Waals surface area contributed by atoms with Crippen molar-refractivity contribution in [3.8, 4) is 0 Å². The zero-order valence-corrected chi connectivity index (χ0v) is 16.5. The van der Waals surface area contributed by atoms with Crippen molar-refractivity contribution in [1.82, 2.24) is 0 Å². The maximum atomic E-state index is 12.5. The summed E-state index contributed by atoms with van der Waals surface area (Å²) in [6.45, 7) is 2.22. The lowest BCUT2D eigenvalue weighted by molar-refractivity contribution is -0.122. The standard InChI is InChI=1S/C18H15BrCl2N2O2/c1-10-2-4-13(8-14(10)20)23-9-11(6-17(23)24)18(25)22-16-5-3-12(19)7-15(16)21/h2-5,7-8,11H,6,9H2,1H3,(H,22,25)/t11-/m0/s1. The Labute approximate surface area is 164 Å². The molecule has 3 rings (SSSR count). The third-order valence-corrected chi connectivity index (χ3v) is 5.37. The van der Waals surface area contributed by atoms with E-state index in [0.717, 1.165) is 10.0 Å². The van der Waals surface area contributed by atoms with E-state index in [0.29, 0.717) is 28.0 Å². The van der Waals surface area contributed by atoms with Crippen molar-refractivity contribution >= 4 is 62.3 Å². The molecule has 2 aromatic carbocycles. The number of amides is 2. The van der Waals surface area contributed by atoms with Crippen molar-refractivity contribution in [1.29, 1.82) is 0 Å². The molecule has 1 aliphatic rings. The lowest BCUT2D eigenvalue weighted by Gasteiger charge is -2.17. The normalized spacial score (nSPS) is 17.0. The van der Waals surface area contributed by atoms with Crippen LogP contribution in [0, 0.1) is 12.8 Å². The van der Waals surface area contributed by atoms with Crippen molar-refractivity contribution in [2.24, 2.45) is 5.92 Å². The Hall–Kier alpha value is -1.56. The molecule has 1 heterocycles. The quantitative estimate of drug-likeness (QED) is 0.723.